The Morgan fingerprint density at radius 3 is 2.58 bits per heavy atom. The molecule has 1 heterocycles. The molecule has 3 rings (SSSR count). The van der Waals surface area contributed by atoms with E-state index in [0.29, 0.717) is 12.2 Å². The van der Waals surface area contributed by atoms with Crippen molar-refractivity contribution in [2.75, 3.05) is 24.8 Å². The van der Waals surface area contributed by atoms with Crippen LogP contribution in [0.4, 0.5) is 5.69 Å². The van der Waals surface area contributed by atoms with E-state index in [-0.39, 0.29) is 12.0 Å². The fourth-order valence-electron chi connectivity index (χ4n) is 2.55. The van der Waals surface area contributed by atoms with Crippen molar-refractivity contribution in [1.29, 1.82) is 0 Å². The van der Waals surface area contributed by atoms with Crippen molar-refractivity contribution in [3.63, 3.8) is 0 Å². The van der Waals surface area contributed by atoms with Crippen LogP contribution in [-0.2, 0) is 4.74 Å². The number of carbonyl (C=O) groups excluding carboxylic acids is 1. The summed E-state index contributed by atoms with van der Waals surface area (Å²) in [6, 6.07) is 15.0. The lowest BCUT2D eigenvalue weighted by Crippen LogP contribution is -2.16. The third-order valence-corrected chi connectivity index (χ3v) is 4.67. The van der Waals surface area contributed by atoms with Gasteiger partial charge in [0.15, 0.2) is 0 Å². The van der Waals surface area contributed by atoms with Crippen LogP contribution < -0.4 is 10.1 Å². The zero-order chi connectivity index (χ0) is 16.8. The molecular weight excluding hydrogens is 322 g/mol. The molecule has 5 heteroatoms. The minimum Gasteiger partial charge on any atom is -0.491 e. The number of thioether (sulfide) groups is 1. The maximum absolute atomic E-state index is 12.3. The zero-order valence-electron chi connectivity index (χ0n) is 13.7. The van der Waals surface area contributed by atoms with Crippen molar-refractivity contribution in [1.82, 2.24) is 0 Å². The van der Waals surface area contributed by atoms with E-state index in [4.69, 9.17) is 9.47 Å². The van der Waals surface area contributed by atoms with E-state index in [1.165, 1.54) is 4.90 Å². The number of rotatable bonds is 6. The van der Waals surface area contributed by atoms with Crippen molar-refractivity contribution in [3.05, 3.63) is 54.1 Å². The normalized spacial score (nSPS) is 16.8. The van der Waals surface area contributed by atoms with Gasteiger partial charge < -0.3 is 14.8 Å². The van der Waals surface area contributed by atoms with E-state index in [9.17, 15) is 4.79 Å². The Morgan fingerprint density at radius 1 is 1.21 bits per heavy atom. The highest BCUT2D eigenvalue weighted by Gasteiger charge is 2.16. The molecule has 2 aromatic carbocycles. The Balaban J connectivity index is 1.54. The van der Waals surface area contributed by atoms with Gasteiger partial charge in [0.05, 0.1) is 6.10 Å². The summed E-state index contributed by atoms with van der Waals surface area (Å²) in [6.07, 6.45) is 4.37. The van der Waals surface area contributed by atoms with Crippen molar-refractivity contribution in [2.45, 2.75) is 23.8 Å². The molecule has 4 nitrogen and oxygen atoms in total. The molecule has 1 N–H and O–H groups in total. The van der Waals surface area contributed by atoms with Crippen LogP contribution in [0.1, 0.15) is 23.2 Å². The number of ether oxygens (including phenoxy) is 2. The number of anilines is 1. The highest BCUT2D eigenvalue weighted by Crippen LogP contribution is 2.19. The molecule has 0 radical (unpaired) electrons. The van der Waals surface area contributed by atoms with E-state index in [0.717, 1.165) is 30.9 Å². The molecule has 1 aliphatic heterocycles. The van der Waals surface area contributed by atoms with E-state index in [1.54, 1.807) is 23.9 Å². The van der Waals surface area contributed by atoms with Gasteiger partial charge in [-0.15, -0.1) is 11.8 Å². The second kappa shape index (κ2) is 8.22. The summed E-state index contributed by atoms with van der Waals surface area (Å²) in [5.41, 5.74) is 1.39. The molecule has 0 saturated carbocycles. The van der Waals surface area contributed by atoms with Crippen LogP contribution in [0.3, 0.4) is 0 Å². The van der Waals surface area contributed by atoms with E-state index in [2.05, 4.69) is 5.32 Å². The van der Waals surface area contributed by atoms with Gasteiger partial charge in [-0.05, 0) is 67.6 Å². The minimum absolute atomic E-state index is 0.127. The first kappa shape index (κ1) is 16.9. The molecule has 1 aliphatic rings. The summed E-state index contributed by atoms with van der Waals surface area (Å²) in [7, 11) is 0. The molecule has 2 aromatic rings. The Bertz CT molecular complexity index is 664. The maximum Gasteiger partial charge on any atom is 0.255 e. The number of nitrogens with one attached hydrogen (secondary N) is 1. The van der Waals surface area contributed by atoms with Gasteiger partial charge in [-0.25, -0.2) is 0 Å². The SMILES string of the molecule is CSc1ccc(NC(=O)c2ccc(OCC3CCCO3)cc2)cc1. The summed E-state index contributed by atoms with van der Waals surface area (Å²) in [4.78, 5) is 13.4. The number of carbonyl (C=O) groups is 1. The Kier molecular flexibility index (Phi) is 5.77. The Hall–Kier alpha value is -1.98. The van der Waals surface area contributed by atoms with Crippen LogP contribution in [0.15, 0.2) is 53.4 Å². The Morgan fingerprint density at radius 2 is 1.96 bits per heavy atom. The monoisotopic (exact) mass is 343 g/mol. The predicted molar refractivity (Wildman–Crippen MR) is 97.1 cm³/mol. The lowest BCUT2D eigenvalue weighted by Gasteiger charge is -2.12. The maximum atomic E-state index is 12.3. The van der Waals surface area contributed by atoms with Gasteiger partial charge in [0.1, 0.15) is 12.4 Å². The predicted octanol–water partition coefficient (Wildman–Crippen LogP) is 4.22. The van der Waals surface area contributed by atoms with Gasteiger partial charge in [-0.3, -0.25) is 4.79 Å². The highest BCUT2D eigenvalue weighted by molar-refractivity contribution is 7.98. The third-order valence-electron chi connectivity index (χ3n) is 3.92. The average molecular weight is 343 g/mol. The van der Waals surface area contributed by atoms with Gasteiger partial charge in [-0.2, -0.15) is 0 Å². The lowest BCUT2D eigenvalue weighted by molar-refractivity contribution is 0.0679. The lowest BCUT2D eigenvalue weighted by atomic mass is 10.2. The van der Waals surface area contributed by atoms with Crippen LogP contribution in [0.2, 0.25) is 0 Å². The van der Waals surface area contributed by atoms with Crippen molar-refractivity contribution >= 4 is 23.4 Å². The smallest absolute Gasteiger partial charge is 0.255 e. The largest absolute Gasteiger partial charge is 0.491 e. The summed E-state index contributed by atoms with van der Waals surface area (Å²) in [5, 5.41) is 2.90. The molecule has 0 spiro atoms. The van der Waals surface area contributed by atoms with Gasteiger partial charge >= 0.3 is 0 Å². The molecule has 0 bridgehead atoms. The molecular formula is C19H21NO3S. The Labute approximate surface area is 146 Å². The first-order chi connectivity index (χ1) is 11.7. The molecule has 1 saturated heterocycles. The molecule has 1 unspecified atom stereocenters. The van der Waals surface area contributed by atoms with Gasteiger partial charge in [0, 0.05) is 22.8 Å². The average Bonchev–Trinajstić information content (AvgIpc) is 3.14. The standard InChI is InChI=1S/C19H21NO3S/c1-24-18-10-6-15(7-11-18)20-19(21)14-4-8-16(9-5-14)23-13-17-3-2-12-22-17/h4-11,17H,2-3,12-13H2,1H3,(H,20,21). The van der Waals surface area contributed by atoms with E-state index in [1.807, 2.05) is 42.7 Å². The van der Waals surface area contributed by atoms with Crippen molar-refractivity contribution < 1.29 is 14.3 Å². The molecule has 24 heavy (non-hydrogen) atoms. The molecule has 0 aromatic heterocycles. The molecule has 1 atom stereocenters. The van der Waals surface area contributed by atoms with Crippen molar-refractivity contribution in [2.24, 2.45) is 0 Å². The number of amides is 1. The third kappa shape index (κ3) is 4.52. The number of benzene rings is 2. The van der Waals surface area contributed by atoms with E-state index < -0.39 is 0 Å². The van der Waals surface area contributed by atoms with Crippen LogP contribution in [0.25, 0.3) is 0 Å². The molecule has 0 aliphatic carbocycles. The summed E-state index contributed by atoms with van der Waals surface area (Å²) in [6.45, 7) is 1.39. The van der Waals surface area contributed by atoms with Crippen LogP contribution in [0.5, 0.6) is 5.75 Å². The second-order valence-electron chi connectivity index (χ2n) is 5.65. The van der Waals surface area contributed by atoms with Crippen LogP contribution >= 0.6 is 11.8 Å². The zero-order valence-corrected chi connectivity index (χ0v) is 14.5. The highest BCUT2D eigenvalue weighted by atomic mass is 32.2. The summed E-state index contributed by atoms with van der Waals surface area (Å²) in [5.74, 6) is 0.629. The first-order valence-corrected chi connectivity index (χ1v) is 9.27. The number of hydrogen-bond acceptors (Lipinski definition) is 4. The molecule has 1 fully saturated rings. The quantitative estimate of drug-likeness (QED) is 0.798. The molecule has 126 valence electrons. The first-order valence-electron chi connectivity index (χ1n) is 8.04. The van der Waals surface area contributed by atoms with Crippen LogP contribution in [0, 0.1) is 0 Å². The summed E-state index contributed by atoms with van der Waals surface area (Å²) < 4.78 is 11.2. The van der Waals surface area contributed by atoms with Gasteiger partial charge in [0.25, 0.3) is 5.91 Å². The van der Waals surface area contributed by atoms with Gasteiger partial charge in [-0.1, -0.05) is 0 Å². The van der Waals surface area contributed by atoms with Crippen molar-refractivity contribution in [3.8, 4) is 5.75 Å². The second-order valence-corrected chi connectivity index (χ2v) is 6.53. The van der Waals surface area contributed by atoms with Gasteiger partial charge in [0.2, 0.25) is 0 Å². The fraction of sp³-hybridized carbons (Fsp3) is 0.316. The van der Waals surface area contributed by atoms with Crippen LogP contribution in [-0.4, -0.2) is 31.5 Å². The topological polar surface area (TPSA) is 47.6 Å². The summed E-state index contributed by atoms with van der Waals surface area (Å²) >= 11 is 1.67. The minimum atomic E-state index is -0.127. The fourth-order valence-corrected chi connectivity index (χ4v) is 2.95. The number of hydrogen-bond donors (Lipinski definition) is 1. The van der Waals surface area contributed by atoms with E-state index >= 15 is 0 Å². The molecule has 1 amide bonds.